The second kappa shape index (κ2) is 14.8. The Kier molecular flexibility index (Phi) is 11.4. The quantitative estimate of drug-likeness (QED) is 0.181. The van der Waals surface area contributed by atoms with Crippen molar-refractivity contribution in [1.29, 1.82) is 0 Å². The summed E-state index contributed by atoms with van der Waals surface area (Å²) in [7, 11) is 0. The molecule has 50 heavy (non-hydrogen) atoms. The van der Waals surface area contributed by atoms with Gasteiger partial charge in [0.25, 0.3) is 0 Å². The first-order valence-corrected chi connectivity index (χ1v) is 18.9. The van der Waals surface area contributed by atoms with E-state index in [9.17, 15) is 40.2 Å². The van der Waals surface area contributed by atoms with Gasteiger partial charge in [-0.05, 0) is 86.4 Å². The van der Waals surface area contributed by atoms with Gasteiger partial charge in [-0.2, -0.15) is 0 Å². The molecular formula is C38H60O12. The van der Waals surface area contributed by atoms with Crippen molar-refractivity contribution in [3.8, 4) is 0 Å². The minimum absolute atomic E-state index is 0.0126. The van der Waals surface area contributed by atoms with Gasteiger partial charge in [0.2, 0.25) is 0 Å². The zero-order valence-corrected chi connectivity index (χ0v) is 30.2. The van der Waals surface area contributed by atoms with E-state index in [2.05, 4.69) is 19.9 Å². The Bertz CT molecular complexity index is 1270. The van der Waals surface area contributed by atoms with Crippen molar-refractivity contribution >= 4 is 11.6 Å². The molecule has 4 aliphatic carbocycles. The van der Waals surface area contributed by atoms with Gasteiger partial charge >= 0.3 is 0 Å². The zero-order valence-electron chi connectivity index (χ0n) is 30.2. The summed E-state index contributed by atoms with van der Waals surface area (Å²) in [5, 5.41) is 60.5. The molecule has 0 amide bonds. The molecule has 0 aromatic heterocycles. The molecule has 0 unspecified atom stereocenters. The molecule has 0 radical (unpaired) electrons. The van der Waals surface area contributed by atoms with Crippen LogP contribution in [0.4, 0.5) is 0 Å². The highest BCUT2D eigenvalue weighted by Gasteiger charge is 2.62. The standard InChI is InChI=1S/C38H60O12/c1-18(16-47-35-34(46)32(44)30(42)20(3)49-35)6-9-26(39)19(2)29-27(40)15-25-23-8-7-21-14-22(50-36-33(45)31(43)28(41)17-48-36)10-12-37(21,4)24(23)11-13-38(25,29)5/h7,18-20,22-25,28-36,41-46H,6,8-17H2,1-5H3/t18-,19-,20+,22+,23-,24+,25+,28+,29+,30+,31+,32-,33-,34-,35-,36+,37+,38+/m1/s1. The van der Waals surface area contributed by atoms with Gasteiger partial charge in [-0.25, -0.2) is 0 Å². The molecule has 6 N–H and O–H groups in total. The van der Waals surface area contributed by atoms with Gasteiger partial charge in [0, 0.05) is 24.7 Å². The summed E-state index contributed by atoms with van der Waals surface area (Å²) in [4.78, 5) is 27.4. The molecule has 5 fully saturated rings. The molecule has 2 aliphatic heterocycles. The first-order valence-electron chi connectivity index (χ1n) is 18.9. The zero-order chi connectivity index (χ0) is 36.3. The first kappa shape index (κ1) is 38.4. The number of ketones is 2. The van der Waals surface area contributed by atoms with Crippen LogP contribution in [0.25, 0.3) is 0 Å². The highest BCUT2D eigenvalue weighted by Crippen LogP contribution is 2.66. The lowest BCUT2D eigenvalue weighted by Crippen LogP contribution is -2.57. The van der Waals surface area contributed by atoms with Crippen molar-refractivity contribution in [3.05, 3.63) is 11.6 Å². The van der Waals surface area contributed by atoms with E-state index in [4.69, 9.17) is 18.9 Å². The Morgan fingerprint density at radius 1 is 0.940 bits per heavy atom. The number of aliphatic hydroxyl groups is 6. The highest BCUT2D eigenvalue weighted by atomic mass is 16.7. The Morgan fingerprint density at radius 3 is 2.40 bits per heavy atom. The predicted molar refractivity (Wildman–Crippen MR) is 179 cm³/mol. The maximum atomic E-state index is 13.8. The fourth-order valence-electron chi connectivity index (χ4n) is 10.8. The lowest BCUT2D eigenvalue weighted by Gasteiger charge is -2.58. The van der Waals surface area contributed by atoms with E-state index in [0.717, 1.165) is 38.5 Å². The van der Waals surface area contributed by atoms with E-state index in [1.54, 1.807) is 6.92 Å². The third-order valence-electron chi connectivity index (χ3n) is 14.0. The molecule has 0 aromatic rings. The normalized spacial score (nSPS) is 48.9. The van der Waals surface area contributed by atoms with Crippen molar-refractivity contribution < 1.29 is 59.2 Å². The van der Waals surface area contributed by atoms with E-state index in [1.807, 2.05) is 13.8 Å². The molecule has 0 bridgehead atoms. The number of carbonyl (C=O) groups is 2. The highest BCUT2D eigenvalue weighted by molar-refractivity contribution is 5.92. The monoisotopic (exact) mass is 708 g/mol. The van der Waals surface area contributed by atoms with Gasteiger partial charge in [-0.3, -0.25) is 9.59 Å². The lowest BCUT2D eigenvalue weighted by atomic mass is 9.47. The molecule has 3 saturated carbocycles. The predicted octanol–water partition coefficient (Wildman–Crippen LogP) is 2.03. The average molecular weight is 709 g/mol. The second-order valence-electron chi connectivity index (χ2n) is 17.1. The summed E-state index contributed by atoms with van der Waals surface area (Å²) in [6, 6.07) is 0. The molecule has 284 valence electrons. The summed E-state index contributed by atoms with van der Waals surface area (Å²) in [5.74, 6) is 0.629. The Morgan fingerprint density at radius 2 is 1.66 bits per heavy atom. The van der Waals surface area contributed by atoms with Crippen LogP contribution in [0, 0.1) is 46.3 Å². The van der Waals surface area contributed by atoms with Crippen molar-refractivity contribution in [3.63, 3.8) is 0 Å². The van der Waals surface area contributed by atoms with Crippen LogP contribution in [0.1, 0.15) is 92.4 Å². The minimum atomic E-state index is -1.37. The van der Waals surface area contributed by atoms with Gasteiger partial charge in [0.15, 0.2) is 12.6 Å². The number of fused-ring (bicyclic) bond motifs is 5. The van der Waals surface area contributed by atoms with Crippen LogP contribution in [0.2, 0.25) is 0 Å². The molecule has 0 spiro atoms. The minimum Gasteiger partial charge on any atom is -0.388 e. The summed E-state index contributed by atoms with van der Waals surface area (Å²) in [5.41, 5.74) is 1.11. The summed E-state index contributed by atoms with van der Waals surface area (Å²) in [6.45, 7) is 10.2. The van der Waals surface area contributed by atoms with E-state index in [-0.39, 0.29) is 65.4 Å². The summed E-state index contributed by atoms with van der Waals surface area (Å²) in [6.07, 6.45) is -1.54. The molecule has 2 saturated heterocycles. The van der Waals surface area contributed by atoms with Crippen molar-refractivity contribution in [2.75, 3.05) is 13.2 Å². The van der Waals surface area contributed by atoms with Crippen LogP contribution >= 0.6 is 0 Å². The van der Waals surface area contributed by atoms with Crippen molar-refractivity contribution in [2.24, 2.45) is 46.3 Å². The number of aliphatic hydroxyl groups excluding tert-OH is 6. The summed E-state index contributed by atoms with van der Waals surface area (Å²) < 4.78 is 22.9. The van der Waals surface area contributed by atoms with Gasteiger partial charge in [0.05, 0.1) is 25.4 Å². The molecule has 12 heteroatoms. The van der Waals surface area contributed by atoms with Gasteiger partial charge in [-0.1, -0.05) is 39.3 Å². The molecule has 12 nitrogen and oxygen atoms in total. The fraction of sp³-hybridized carbons (Fsp3) is 0.895. The Labute approximate surface area is 295 Å². The maximum Gasteiger partial charge on any atom is 0.186 e. The van der Waals surface area contributed by atoms with E-state index < -0.39 is 55.3 Å². The van der Waals surface area contributed by atoms with Crippen LogP contribution in [0.5, 0.6) is 0 Å². The SMILES string of the molecule is C[C@H](CCC(=O)[C@@H](C)[C@H]1C(=O)C[C@H]2[C@@H]3CC=C4C[C@@H](O[C@@H]5OC[C@H](O)[C@H](O)[C@H]5O)CC[C@]4(C)[C@H]3CC[C@]12C)CO[C@@H]1O[C@@H](C)[C@H](O)[C@@H](O)[C@H]1O. The van der Waals surface area contributed by atoms with Gasteiger partial charge in [-0.15, -0.1) is 0 Å². The molecule has 2 heterocycles. The number of ether oxygens (including phenoxy) is 4. The molecule has 6 rings (SSSR count). The van der Waals surface area contributed by atoms with Crippen molar-refractivity contribution in [2.45, 2.75) is 154 Å². The van der Waals surface area contributed by atoms with Crippen LogP contribution in [-0.2, 0) is 28.5 Å². The number of rotatable bonds is 10. The summed E-state index contributed by atoms with van der Waals surface area (Å²) >= 11 is 0. The van der Waals surface area contributed by atoms with Crippen LogP contribution in [0.15, 0.2) is 11.6 Å². The number of allylic oxidation sites excluding steroid dienone is 1. The molecular weight excluding hydrogens is 648 g/mol. The van der Waals surface area contributed by atoms with Gasteiger partial charge in [0.1, 0.15) is 48.2 Å². The lowest BCUT2D eigenvalue weighted by molar-refractivity contribution is -0.295. The second-order valence-corrected chi connectivity index (χ2v) is 17.1. The van der Waals surface area contributed by atoms with Crippen LogP contribution < -0.4 is 0 Å². The average Bonchev–Trinajstić information content (AvgIpc) is 3.36. The maximum absolute atomic E-state index is 13.8. The third kappa shape index (κ3) is 6.92. The Hall–Kier alpha value is -1.32. The van der Waals surface area contributed by atoms with Gasteiger partial charge < -0.3 is 49.6 Å². The van der Waals surface area contributed by atoms with Crippen LogP contribution in [-0.4, -0.2) is 117 Å². The number of hydrogen-bond donors (Lipinski definition) is 6. The number of hydrogen-bond acceptors (Lipinski definition) is 12. The molecule has 6 aliphatic rings. The van der Waals surface area contributed by atoms with Crippen molar-refractivity contribution in [1.82, 2.24) is 0 Å². The smallest absolute Gasteiger partial charge is 0.186 e. The van der Waals surface area contributed by atoms with E-state index in [0.29, 0.717) is 31.1 Å². The number of carbonyl (C=O) groups excluding carboxylic acids is 2. The van der Waals surface area contributed by atoms with Crippen LogP contribution in [0.3, 0.4) is 0 Å². The Balaban J connectivity index is 1.04. The largest absolute Gasteiger partial charge is 0.388 e. The third-order valence-corrected chi connectivity index (χ3v) is 14.0. The molecule has 18 atom stereocenters. The number of Topliss-reactive ketones (excluding diaryl/α,β-unsaturated/α-hetero) is 2. The van der Waals surface area contributed by atoms with E-state index >= 15 is 0 Å². The van der Waals surface area contributed by atoms with E-state index in [1.165, 1.54) is 5.57 Å². The fourth-order valence-corrected chi connectivity index (χ4v) is 10.8. The molecule has 0 aromatic carbocycles. The topological polar surface area (TPSA) is 192 Å². The first-order chi connectivity index (χ1) is 23.6.